The highest BCUT2D eigenvalue weighted by Gasteiger charge is 2.50. The molecule has 3 heteroatoms. The molecule has 4 aliphatic rings. The number of anilines is 6. The van der Waals surface area contributed by atoms with Gasteiger partial charge in [-0.05, 0) is 88.4 Å². The summed E-state index contributed by atoms with van der Waals surface area (Å²) >= 11 is 0. The van der Waals surface area contributed by atoms with Gasteiger partial charge in [-0.1, -0.05) is 110 Å². The Morgan fingerprint density at radius 2 is 1.09 bits per heavy atom. The highest BCUT2D eigenvalue weighted by Crippen LogP contribution is 2.60. The second-order valence-electron chi connectivity index (χ2n) is 12.8. The van der Waals surface area contributed by atoms with Crippen LogP contribution in [-0.2, 0) is 5.41 Å². The van der Waals surface area contributed by atoms with Crippen LogP contribution in [0.2, 0.25) is 0 Å². The van der Waals surface area contributed by atoms with Crippen LogP contribution in [0.15, 0.2) is 140 Å². The first-order valence-electron chi connectivity index (χ1n) is 16.0. The SMILES string of the molecule is c1ccc(N2c3ccccc3B3c4ccc5c(c4N(c4ccccc4)c4cccc2c43)-c2ccccc2C52CCCC2)cc1. The summed E-state index contributed by atoms with van der Waals surface area (Å²) in [5.41, 5.74) is 17.8. The minimum absolute atomic E-state index is 0.125. The molecule has 0 saturated heterocycles. The Balaban J connectivity index is 1.34. The van der Waals surface area contributed by atoms with Crippen molar-refractivity contribution in [3.63, 3.8) is 0 Å². The fourth-order valence-corrected chi connectivity index (χ4v) is 9.12. The molecule has 0 bridgehead atoms. The molecule has 1 spiro atoms. The Bertz CT molecular complexity index is 2100. The zero-order chi connectivity index (χ0) is 28.8. The van der Waals surface area contributed by atoms with Gasteiger partial charge in [-0.3, -0.25) is 0 Å². The van der Waals surface area contributed by atoms with E-state index in [2.05, 4.69) is 149 Å². The average Bonchev–Trinajstić information content (AvgIpc) is 3.69. The summed E-state index contributed by atoms with van der Waals surface area (Å²) in [6.07, 6.45) is 5.07. The lowest BCUT2D eigenvalue weighted by atomic mass is 9.33. The molecule has 10 rings (SSSR count). The quantitative estimate of drug-likeness (QED) is 0.195. The predicted octanol–water partition coefficient (Wildman–Crippen LogP) is 8.61. The molecule has 2 nitrogen and oxygen atoms in total. The van der Waals surface area contributed by atoms with Crippen molar-refractivity contribution in [1.29, 1.82) is 0 Å². The van der Waals surface area contributed by atoms with Crippen LogP contribution in [0.5, 0.6) is 0 Å². The summed E-state index contributed by atoms with van der Waals surface area (Å²) in [6, 6.07) is 52.2. The van der Waals surface area contributed by atoms with Crippen LogP contribution in [0, 0.1) is 0 Å². The van der Waals surface area contributed by atoms with Crippen molar-refractivity contribution in [2.45, 2.75) is 31.1 Å². The van der Waals surface area contributed by atoms with Crippen molar-refractivity contribution in [1.82, 2.24) is 0 Å². The number of hydrogen-bond donors (Lipinski definition) is 0. The zero-order valence-electron chi connectivity index (χ0n) is 24.6. The largest absolute Gasteiger partial charge is 0.311 e. The zero-order valence-corrected chi connectivity index (χ0v) is 24.6. The molecule has 2 heterocycles. The molecule has 0 aromatic heterocycles. The summed E-state index contributed by atoms with van der Waals surface area (Å²) in [5.74, 6) is 0. The Hall–Kier alpha value is -5.02. The van der Waals surface area contributed by atoms with Crippen molar-refractivity contribution >= 4 is 57.2 Å². The van der Waals surface area contributed by atoms with Crippen molar-refractivity contribution < 1.29 is 0 Å². The maximum atomic E-state index is 2.59. The summed E-state index contributed by atoms with van der Waals surface area (Å²) in [4.78, 5) is 5.06. The maximum absolute atomic E-state index is 2.59. The van der Waals surface area contributed by atoms with Crippen molar-refractivity contribution in [3.05, 3.63) is 151 Å². The van der Waals surface area contributed by atoms with E-state index in [4.69, 9.17) is 0 Å². The lowest BCUT2D eigenvalue weighted by Crippen LogP contribution is -2.61. The molecule has 0 atom stereocenters. The molecule has 6 aromatic rings. The Morgan fingerprint density at radius 1 is 0.477 bits per heavy atom. The standard InChI is InChI=1S/C41H31BN2/c1-3-14-28(15-4-1)43-35-21-10-9-20-33(35)42-34-25-24-32-38(30-18-7-8-19-31(30)41(32)26-11-12-27-41)40(34)44(29-16-5-2-6-17-29)37-23-13-22-36(43)39(37)42/h1-10,13-25H,11-12,26-27H2. The fourth-order valence-electron chi connectivity index (χ4n) is 9.12. The molecule has 0 unspecified atom stereocenters. The van der Waals surface area contributed by atoms with Crippen molar-refractivity contribution in [2.75, 3.05) is 9.80 Å². The average molecular weight is 563 g/mol. The van der Waals surface area contributed by atoms with E-state index in [1.54, 1.807) is 0 Å². The number of benzene rings is 6. The summed E-state index contributed by atoms with van der Waals surface area (Å²) < 4.78 is 0. The Labute approximate surface area is 259 Å². The molecular weight excluding hydrogens is 531 g/mol. The maximum Gasteiger partial charge on any atom is 0.252 e. The third-order valence-corrected chi connectivity index (χ3v) is 10.8. The van der Waals surface area contributed by atoms with Crippen molar-refractivity contribution in [2.24, 2.45) is 0 Å². The number of hydrogen-bond acceptors (Lipinski definition) is 2. The fraction of sp³-hybridized carbons (Fsp3) is 0.122. The molecule has 2 aliphatic heterocycles. The van der Waals surface area contributed by atoms with Crippen molar-refractivity contribution in [3.8, 4) is 11.1 Å². The first-order chi connectivity index (χ1) is 21.9. The van der Waals surface area contributed by atoms with Gasteiger partial charge in [0.05, 0.1) is 0 Å². The van der Waals surface area contributed by atoms with Crippen LogP contribution in [0.1, 0.15) is 36.8 Å². The molecule has 1 saturated carbocycles. The number of para-hydroxylation sites is 3. The van der Waals surface area contributed by atoms with Crippen LogP contribution in [0.25, 0.3) is 11.1 Å². The highest BCUT2D eigenvalue weighted by molar-refractivity contribution is 7.00. The molecule has 0 radical (unpaired) electrons. The number of nitrogens with zero attached hydrogens (tertiary/aromatic N) is 2. The molecular formula is C41H31BN2. The van der Waals surface area contributed by atoms with E-state index in [-0.39, 0.29) is 12.1 Å². The third kappa shape index (κ3) is 3.07. The van der Waals surface area contributed by atoms with E-state index in [0.717, 1.165) is 0 Å². The first-order valence-corrected chi connectivity index (χ1v) is 16.0. The monoisotopic (exact) mass is 562 g/mol. The molecule has 6 aromatic carbocycles. The van der Waals surface area contributed by atoms with Gasteiger partial charge >= 0.3 is 0 Å². The van der Waals surface area contributed by atoms with Gasteiger partial charge in [0.2, 0.25) is 0 Å². The topological polar surface area (TPSA) is 6.48 Å². The summed E-state index contributed by atoms with van der Waals surface area (Å²) in [7, 11) is 0. The first kappa shape index (κ1) is 24.4. The van der Waals surface area contributed by atoms with Gasteiger partial charge in [-0.15, -0.1) is 0 Å². The second-order valence-corrected chi connectivity index (χ2v) is 12.8. The van der Waals surface area contributed by atoms with Crippen LogP contribution in [-0.4, -0.2) is 6.71 Å². The second kappa shape index (κ2) is 9.00. The molecule has 1 fully saturated rings. The summed E-state index contributed by atoms with van der Waals surface area (Å²) in [5, 5.41) is 0. The van der Waals surface area contributed by atoms with E-state index >= 15 is 0 Å². The van der Waals surface area contributed by atoms with E-state index < -0.39 is 0 Å². The van der Waals surface area contributed by atoms with Gasteiger partial charge in [0, 0.05) is 45.1 Å². The normalized spacial score (nSPS) is 16.3. The summed E-state index contributed by atoms with van der Waals surface area (Å²) in [6.45, 7) is 0.143. The van der Waals surface area contributed by atoms with E-state index in [1.165, 1.54) is 98.4 Å². The van der Waals surface area contributed by atoms with E-state index in [9.17, 15) is 0 Å². The Kier molecular flexibility index (Phi) is 5.00. The van der Waals surface area contributed by atoms with Gasteiger partial charge in [0.15, 0.2) is 0 Å². The van der Waals surface area contributed by atoms with Crippen LogP contribution >= 0.6 is 0 Å². The minimum Gasteiger partial charge on any atom is -0.311 e. The van der Waals surface area contributed by atoms with Crippen LogP contribution in [0.3, 0.4) is 0 Å². The molecule has 0 amide bonds. The van der Waals surface area contributed by atoms with E-state index in [0.29, 0.717) is 0 Å². The molecule has 0 N–H and O–H groups in total. The predicted molar refractivity (Wildman–Crippen MR) is 185 cm³/mol. The highest BCUT2D eigenvalue weighted by atomic mass is 15.2. The number of fused-ring (bicyclic) bond motifs is 10. The smallest absolute Gasteiger partial charge is 0.252 e. The van der Waals surface area contributed by atoms with Gasteiger partial charge in [-0.25, -0.2) is 0 Å². The lowest BCUT2D eigenvalue weighted by molar-refractivity contribution is 0.550. The van der Waals surface area contributed by atoms with Gasteiger partial charge in [-0.2, -0.15) is 0 Å². The van der Waals surface area contributed by atoms with Crippen LogP contribution < -0.4 is 26.2 Å². The Morgan fingerprint density at radius 3 is 1.86 bits per heavy atom. The lowest BCUT2D eigenvalue weighted by Gasteiger charge is -2.45. The number of rotatable bonds is 2. The van der Waals surface area contributed by atoms with Gasteiger partial charge in [0.25, 0.3) is 6.71 Å². The molecule has 208 valence electrons. The van der Waals surface area contributed by atoms with E-state index in [1.807, 2.05) is 0 Å². The van der Waals surface area contributed by atoms with Gasteiger partial charge < -0.3 is 9.80 Å². The molecule has 2 aliphatic carbocycles. The van der Waals surface area contributed by atoms with Crippen LogP contribution in [0.4, 0.5) is 34.1 Å². The van der Waals surface area contributed by atoms with Gasteiger partial charge in [0.1, 0.15) is 0 Å². The third-order valence-electron chi connectivity index (χ3n) is 10.8. The molecule has 44 heavy (non-hydrogen) atoms. The minimum atomic E-state index is 0.125.